The van der Waals surface area contributed by atoms with Crippen LogP contribution in [0.5, 0.6) is 0 Å². The number of imide groups is 1. The van der Waals surface area contributed by atoms with Gasteiger partial charge in [-0.2, -0.15) is 0 Å². The number of nitrogens with one attached hydrogen (secondary N) is 1. The summed E-state index contributed by atoms with van der Waals surface area (Å²) in [7, 11) is 0. The van der Waals surface area contributed by atoms with Gasteiger partial charge in [-0.05, 0) is 18.6 Å². The van der Waals surface area contributed by atoms with Gasteiger partial charge in [0.25, 0.3) is 11.8 Å². The second-order valence-corrected chi connectivity index (χ2v) is 5.26. The molecule has 2 aliphatic heterocycles. The van der Waals surface area contributed by atoms with E-state index in [0.717, 1.165) is 4.90 Å². The highest BCUT2D eigenvalue weighted by Crippen LogP contribution is 2.22. The first-order valence-corrected chi connectivity index (χ1v) is 7.07. The highest BCUT2D eigenvalue weighted by atomic mass is 16.2. The number of carbonyl (C=O) groups excluding carboxylic acids is 4. The van der Waals surface area contributed by atoms with E-state index in [-0.39, 0.29) is 19.0 Å². The van der Waals surface area contributed by atoms with Crippen LogP contribution in [0.3, 0.4) is 0 Å². The molecule has 1 aromatic rings. The number of carbonyl (C=O) groups is 4. The van der Waals surface area contributed by atoms with Crippen LogP contribution in [0.2, 0.25) is 0 Å². The number of benzene rings is 1. The topological polar surface area (TPSA) is 86.8 Å². The third-order valence-corrected chi connectivity index (χ3v) is 3.79. The Balaban J connectivity index is 1.74. The number of rotatable bonds is 2. The van der Waals surface area contributed by atoms with Crippen molar-refractivity contribution in [2.24, 2.45) is 0 Å². The van der Waals surface area contributed by atoms with Crippen LogP contribution in [0.1, 0.15) is 27.1 Å². The first-order chi connectivity index (χ1) is 10.6. The summed E-state index contributed by atoms with van der Waals surface area (Å²) >= 11 is 0. The van der Waals surface area contributed by atoms with Gasteiger partial charge in [-0.1, -0.05) is 12.1 Å². The van der Waals surface area contributed by atoms with Crippen molar-refractivity contribution in [2.45, 2.75) is 6.42 Å². The first-order valence-electron chi connectivity index (χ1n) is 7.07. The van der Waals surface area contributed by atoms with Crippen LogP contribution < -0.4 is 5.32 Å². The summed E-state index contributed by atoms with van der Waals surface area (Å²) in [5, 5.41) is 2.67. The average molecular weight is 301 g/mol. The van der Waals surface area contributed by atoms with Gasteiger partial charge in [0.1, 0.15) is 6.54 Å². The minimum Gasteiger partial charge on any atom is -0.354 e. The van der Waals surface area contributed by atoms with Crippen LogP contribution in [-0.2, 0) is 9.59 Å². The van der Waals surface area contributed by atoms with Gasteiger partial charge in [0.2, 0.25) is 11.8 Å². The number of hydrogen-bond acceptors (Lipinski definition) is 4. The van der Waals surface area contributed by atoms with Crippen molar-refractivity contribution >= 4 is 23.6 Å². The minimum atomic E-state index is -0.465. The number of amides is 4. The normalized spacial score (nSPS) is 18.1. The summed E-state index contributed by atoms with van der Waals surface area (Å²) in [6.45, 7) is 0.581. The highest BCUT2D eigenvalue weighted by Gasteiger charge is 2.37. The van der Waals surface area contributed by atoms with E-state index in [9.17, 15) is 19.2 Å². The molecule has 0 atom stereocenters. The molecule has 7 nitrogen and oxygen atoms in total. The van der Waals surface area contributed by atoms with Crippen molar-refractivity contribution in [1.82, 2.24) is 15.1 Å². The molecular weight excluding hydrogens is 286 g/mol. The zero-order chi connectivity index (χ0) is 15.7. The molecule has 0 spiro atoms. The van der Waals surface area contributed by atoms with E-state index in [0.29, 0.717) is 30.6 Å². The second-order valence-electron chi connectivity index (χ2n) is 5.26. The minimum absolute atomic E-state index is 0.0397. The maximum atomic E-state index is 12.3. The molecule has 114 valence electrons. The predicted octanol–water partition coefficient (Wildman–Crippen LogP) is -0.369. The second kappa shape index (κ2) is 5.59. The van der Waals surface area contributed by atoms with Crippen molar-refractivity contribution < 1.29 is 19.2 Å². The van der Waals surface area contributed by atoms with E-state index in [1.807, 2.05) is 0 Å². The molecule has 1 aromatic carbocycles. The van der Waals surface area contributed by atoms with E-state index < -0.39 is 17.7 Å². The molecule has 1 fully saturated rings. The lowest BCUT2D eigenvalue weighted by Crippen LogP contribution is -2.45. The Morgan fingerprint density at radius 1 is 1.09 bits per heavy atom. The van der Waals surface area contributed by atoms with Crippen molar-refractivity contribution in [2.75, 3.05) is 26.2 Å². The van der Waals surface area contributed by atoms with E-state index >= 15 is 0 Å². The SMILES string of the molecule is O=C1CN(C(=O)CN2C(=O)c3ccccc3C2=O)CCCN1. The Bertz CT molecular complexity index is 636. The van der Waals surface area contributed by atoms with Crippen molar-refractivity contribution in [3.05, 3.63) is 35.4 Å². The van der Waals surface area contributed by atoms with Crippen LogP contribution >= 0.6 is 0 Å². The van der Waals surface area contributed by atoms with Crippen molar-refractivity contribution in [3.8, 4) is 0 Å². The third-order valence-electron chi connectivity index (χ3n) is 3.79. The standard InChI is InChI=1S/C15H15N3O4/c19-12-8-17(7-3-6-16-12)13(20)9-18-14(21)10-4-1-2-5-11(10)15(18)22/h1-2,4-5H,3,6-9H2,(H,16,19). The van der Waals surface area contributed by atoms with Crippen LogP contribution in [-0.4, -0.2) is 59.6 Å². The third kappa shape index (κ3) is 2.45. The van der Waals surface area contributed by atoms with Gasteiger partial charge >= 0.3 is 0 Å². The summed E-state index contributed by atoms with van der Waals surface area (Å²) in [5.41, 5.74) is 0.628. The maximum Gasteiger partial charge on any atom is 0.262 e. The molecule has 1 saturated heterocycles. The Hall–Kier alpha value is -2.70. The zero-order valence-corrected chi connectivity index (χ0v) is 11.9. The summed E-state index contributed by atoms with van der Waals surface area (Å²) in [5.74, 6) is -1.55. The van der Waals surface area contributed by atoms with E-state index in [2.05, 4.69) is 5.32 Å². The van der Waals surface area contributed by atoms with Gasteiger partial charge in [-0.15, -0.1) is 0 Å². The van der Waals surface area contributed by atoms with E-state index in [4.69, 9.17) is 0 Å². The summed E-state index contributed by atoms with van der Waals surface area (Å²) < 4.78 is 0. The molecule has 0 bridgehead atoms. The summed E-state index contributed by atoms with van der Waals surface area (Å²) in [4.78, 5) is 50.5. The van der Waals surface area contributed by atoms with Crippen LogP contribution in [0.4, 0.5) is 0 Å². The zero-order valence-electron chi connectivity index (χ0n) is 11.9. The van der Waals surface area contributed by atoms with E-state index in [1.165, 1.54) is 4.90 Å². The number of nitrogens with zero attached hydrogens (tertiary/aromatic N) is 2. The summed E-state index contributed by atoms with van der Waals surface area (Å²) in [6.07, 6.45) is 0.652. The molecular formula is C15H15N3O4. The molecule has 0 radical (unpaired) electrons. The molecule has 7 heteroatoms. The average Bonchev–Trinajstić information content (AvgIpc) is 2.69. The summed E-state index contributed by atoms with van der Waals surface area (Å²) in [6, 6.07) is 6.49. The molecule has 22 heavy (non-hydrogen) atoms. The predicted molar refractivity (Wildman–Crippen MR) is 76.0 cm³/mol. The first kappa shape index (κ1) is 14.2. The quantitative estimate of drug-likeness (QED) is 0.755. The Labute approximate surface area is 126 Å². The van der Waals surface area contributed by atoms with Crippen molar-refractivity contribution in [3.63, 3.8) is 0 Å². The lowest BCUT2D eigenvalue weighted by molar-refractivity contribution is -0.135. The van der Waals surface area contributed by atoms with Crippen molar-refractivity contribution in [1.29, 1.82) is 0 Å². The fourth-order valence-corrected chi connectivity index (χ4v) is 2.64. The van der Waals surface area contributed by atoms with Gasteiger partial charge in [0.05, 0.1) is 17.7 Å². The molecule has 1 N–H and O–H groups in total. The van der Waals surface area contributed by atoms with Gasteiger partial charge in [-0.25, -0.2) is 0 Å². The lowest BCUT2D eigenvalue weighted by atomic mass is 10.1. The molecule has 2 aliphatic rings. The maximum absolute atomic E-state index is 12.3. The van der Waals surface area contributed by atoms with Gasteiger partial charge in [0, 0.05) is 13.1 Å². The number of hydrogen-bond donors (Lipinski definition) is 1. The highest BCUT2D eigenvalue weighted by molar-refractivity contribution is 6.22. The van der Waals surface area contributed by atoms with Gasteiger partial charge in [0.15, 0.2) is 0 Å². The largest absolute Gasteiger partial charge is 0.354 e. The Morgan fingerprint density at radius 2 is 1.73 bits per heavy atom. The molecule has 0 aromatic heterocycles. The molecule has 0 saturated carbocycles. The molecule has 2 heterocycles. The van der Waals surface area contributed by atoms with Crippen LogP contribution in [0, 0.1) is 0 Å². The van der Waals surface area contributed by atoms with Gasteiger partial charge < -0.3 is 10.2 Å². The fourth-order valence-electron chi connectivity index (χ4n) is 2.64. The number of fused-ring (bicyclic) bond motifs is 1. The lowest BCUT2D eigenvalue weighted by Gasteiger charge is -2.22. The smallest absolute Gasteiger partial charge is 0.262 e. The van der Waals surface area contributed by atoms with Crippen LogP contribution in [0.25, 0.3) is 0 Å². The Kier molecular flexibility index (Phi) is 3.62. The van der Waals surface area contributed by atoms with Gasteiger partial charge in [-0.3, -0.25) is 24.1 Å². The van der Waals surface area contributed by atoms with Crippen LogP contribution in [0.15, 0.2) is 24.3 Å². The molecule has 3 rings (SSSR count). The monoisotopic (exact) mass is 301 g/mol. The molecule has 0 aliphatic carbocycles. The fraction of sp³-hybridized carbons (Fsp3) is 0.333. The molecule has 4 amide bonds. The molecule has 0 unspecified atom stereocenters. The Morgan fingerprint density at radius 3 is 2.36 bits per heavy atom. The van der Waals surface area contributed by atoms with E-state index in [1.54, 1.807) is 24.3 Å².